The number of aromatic nitrogens is 2. The van der Waals surface area contributed by atoms with Crippen LogP contribution in [0.5, 0.6) is 11.5 Å². The fourth-order valence-corrected chi connectivity index (χ4v) is 2.61. The van der Waals surface area contributed by atoms with Crippen LogP contribution in [0.15, 0.2) is 55.1 Å². The molecule has 0 spiro atoms. The van der Waals surface area contributed by atoms with E-state index in [2.05, 4.69) is 15.0 Å². The van der Waals surface area contributed by atoms with Crippen molar-refractivity contribution in [2.45, 2.75) is 13.2 Å². The van der Waals surface area contributed by atoms with Crippen molar-refractivity contribution < 1.29 is 27.4 Å². The summed E-state index contributed by atoms with van der Waals surface area (Å²) in [7, 11) is 1.28. The van der Waals surface area contributed by atoms with Crippen molar-refractivity contribution in [2.75, 3.05) is 7.11 Å². The normalized spacial score (nSPS) is 10.8. The Bertz CT molecular complexity index is 962. The molecule has 3 rings (SSSR count). The lowest BCUT2D eigenvalue weighted by molar-refractivity contribution is -0.0515. The highest BCUT2D eigenvalue weighted by atomic mass is 19.3. The fraction of sp³-hybridized carbons (Fsp3) is 0.158. The van der Waals surface area contributed by atoms with Crippen LogP contribution in [-0.2, 0) is 6.54 Å². The molecular weight excluding hydrogens is 375 g/mol. The van der Waals surface area contributed by atoms with Crippen molar-refractivity contribution >= 4 is 5.91 Å². The molecule has 28 heavy (non-hydrogen) atoms. The molecule has 9 heteroatoms. The van der Waals surface area contributed by atoms with Crippen molar-refractivity contribution in [3.05, 3.63) is 72.1 Å². The third kappa shape index (κ3) is 4.25. The van der Waals surface area contributed by atoms with E-state index in [1.165, 1.54) is 48.5 Å². The zero-order valence-corrected chi connectivity index (χ0v) is 14.7. The van der Waals surface area contributed by atoms with Crippen molar-refractivity contribution in [2.24, 2.45) is 0 Å². The molecule has 0 unspecified atom stereocenters. The summed E-state index contributed by atoms with van der Waals surface area (Å²) >= 11 is 0. The van der Waals surface area contributed by atoms with Gasteiger partial charge in [-0.25, -0.2) is 9.37 Å². The van der Waals surface area contributed by atoms with Gasteiger partial charge in [-0.1, -0.05) is 12.1 Å². The van der Waals surface area contributed by atoms with Crippen LogP contribution < -0.4 is 14.8 Å². The van der Waals surface area contributed by atoms with Crippen LogP contribution >= 0.6 is 0 Å². The zero-order valence-electron chi connectivity index (χ0n) is 14.7. The summed E-state index contributed by atoms with van der Waals surface area (Å²) in [5, 5.41) is 2.56. The third-order valence-corrected chi connectivity index (χ3v) is 3.90. The van der Waals surface area contributed by atoms with Gasteiger partial charge in [0.2, 0.25) is 0 Å². The first-order valence-corrected chi connectivity index (χ1v) is 8.16. The molecule has 0 aliphatic heterocycles. The Balaban J connectivity index is 1.75. The predicted octanol–water partition coefficient (Wildman–Crippen LogP) is 3.55. The number of rotatable bonds is 7. The first-order chi connectivity index (χ1) is 13.5. The Labute approximate surface area is 158 Å². The van der Waals surface area contributed by atoms with Crippen LogP contribution in [0.25, 0.3) is 5.69 Å². The zero-order chi connectivity index (χ0) is 20.1. The molecular formula is C19H16F3N3O3. The van der Waals surface area contributed by atoms with Gasteiger partial charge in [-0.2, -0.15) is 8.78 Å². The number of halogens is 3. The summed E-state index contributed by atoms with van der Waals surface area (Å²) in [6.07, 6.45) is 4.60. The van der Waals surface area contributed by atoms with Crippen LogP contribution in [0.3, 0.4) is 0 Å². The van der Waals surface area contributed by atoms with E-state index in [0.29, 0.717) is 11.3 Å². The molecule has 1 heterocycles. The maximum absolute atomic E-state index is 14.3. The average molecular weight is 391 g/mol. The number of ether oxygens (including phenoxy) is 2. The highest BCUT2D eigenvalue weighted by molar-refractivity contribution is 5.97. The highest BCUT2D eigenvalue weighted by Gasteiger charge is 2.20. The lowest BCUT2D eigenvalue weighted by Crippen LogP contribution is -2.24. The van der Waals surface area contributed by atoms with E-state index in [9.17, 15) is 18.0 Å². The van der Waals surface area contributed by atoms with Gasteiger partial charge in [0, 0.05) is 18.9 Å². The number of imidazole rings is 1. The number of nitrogens with zero attached hydrogens (tertiary/aromatic N) is 2. The second-order valence-electron chi connectivity index (χ2n) is 5.65. The number of benzene rings is 2. The summed E-state index contributed by atoms with van der Waals surface area (Å²) in [5.41, 5.74) is 0.692. The number of hydrogen-bond acceptors (Lipinski definition) is 4. The first-order valence-electron chi connectivity index (χ1n) is 8.16. The molecule has 146 valence electrons. The Hall–Kier alpha value is -3.49. The summed E-state index contributed by atoms with van der Waals surface area (Å²) in [5.74, 6) is -1.51. The molecule has 0 aliphatic rings. The van der Waals surface area contributed by atoms with Gasteiger partial charge in [-0.05, 0) is 29.8 Å². The second kappa shape index (κ2) is 8.47. The molecule has 1 aromatic heterocycles. The first kappa shape index (κ1) is 19.3. The maximum atomic E-state index is 14.3. The number of carbonyl (C=O) groups excluding carboxylic acids is 1. The molecule has 2 aromatic carbocycles. The number of hydrogen-bond donors (Lipinski definition) is 1. The second-order valence-corrected chi connectivity index (χ2v) is 5.65. The van der Waals surface area contributed by atoms with Gasteiger partial charge in [0.1, 0.15) is 5.82 Å². The smallest absolute Gasteiger partial charge is 0.387 e. The quantitative estimate of drug-likeness (QED) is 0.669. The molecule has 0 radical (unpaired) electrons. The average Bonchev–Trinajstić information content (AvgIpc) is 3.20. The maximum Gasteiger partial charge on any atom is 0.387 e. The lowest BCUT2D eigenvalue weighted by Gasteiger charge is -2.14. The molecule has 6 nitrogen and oxygen atoms in total. The largest absolute Gasteiger partial charge is 0.493 e. The van der Waals surface area contributed by atoms with E-state index in [4.69, 9.17) is 4.74 Å². The van der Waals surface area contributed by atoms with Crippen molar-refractivity contribution in [3.8, 4) is 17.2 Å². The van der Waals surface area contributed by atoms with Gasteiger partial charge in [-0.15, -0.1) is 0 Å². The van der Waals surface area contributed by atoms with E-state index in [0.717, 1.165) is 0 Å². The van der Waals surface area contributed by atoms with Crippen LogP contribution in [0.1, 0.15) is 15.9 Å². The van der Waals surface area contributed by atoms with Gasteiger partial charge in [-0.3, -0.25) is 4.79 Å². The number of nitrogens with one attached hydrogen (secondary N) is 1. The summed E-state index contributed by atoms with van der Waals surface area (Å²) < 4.78 is 50.5. The Morgan fingerprint density at radius 3 is 2.75 bits per heavy atom. The number of alkyl halides is 2. The molecule has 0 atom stereocenters. The van der Waals surface area contributed by atoms with Crippen molar-refractivity contribution in [1.82, 2.24) is 14.9 Å². The minimum atomic E-state index is -3.12. The number of amides is 1. The lowest BCUT2D eigenvalue weighted by atomic mass is 10.1. The van der Waals surface area contributed by atoms with Crippen LogP contribution in [0.4, 0.5) is 13.2 Å². The Morgan fingerprint density at radius 2 is 2.11 bits per heavy atom. The number of carbonyl (C=O) groups is 1. The summed E-state index contributed by atoms with van der Waals surface area (Å²) in [4.78, 5) is 16.3. The van der Waals surface area contributed by atoms with E-state index in [1.807, 2.05) is 0 Å². The van der Waals surface area contributed by atoms with E-state index >= 15 is 0 Å². The predicted molar refractivity (Wildman–Crippen MR) is 94.3 cm³/mol. The van der Waals surface area contributed by atoms with Crippen LogP contribution in [-0.4, -0.2) is 29.2 Å². The molecule has 3 aromatic rings. The topological polar surface area (TPSA) is 65.4 Å². The van der Waals surface area contributed by atoms with Crippen molar-refractivity contribution in [1.29, 1.82) is 0 Å². The fourth-order valence-electron chi connectivity index (χ4n) is 2.61. The van der Waals surface area contributed by atoms with Crippen molar-refractivity contribution in [3.63, 3.8) is 0 Å². The Morgan fingerprint density at radius 1 is 1.29 bits per heavy atom. The molecule has 0 saturated heterocycles. The van der Waals surface area contributed by atoms with Gasteiger partial charge in [0.15, 0.2) is 11.5 Å². The van der Waals surface area contributed by atoms with Gasteiger partial charge in [0.25, 0.3) is 5.91 Å². The van der Waals surface area contributed by atoms with Gasteiger partial charge in [0.05, 0.1) is 24.7 Å². The molecule has 1 N–H and O–H groups in total. The number of methoxy groups -OCH3 is 1. The van der Waals surface area contributed by atoms with E-state index in [1.54, 1.807) is 18.3 Å². The van der Waals surface area contributed by atoms with Gasteiger partial charge >= 0.3 is 6.61 Å². The Kier molecular flexibility index (Phi) is 5.83. The molecule has 1 amide bonds. The minimum absolute atomic E-state index is 0.00341. The number of para-hydroxylation sites is 1. The summed E-state index contributed by atoms with van der Waals surface area (Å²) in [6.45, 7) is -3.13. The summed E-state index contributed by atoms with van der Waals surface area (Å²) in [6, 6.07) is 8.68. The van der Waals surface area contributed by atoms with E-state index in [-0.39, 0.29) is 23.6 Å². The van der Waals surface area contributed by atoms with Crippen LogP contribution in [0, 0.1) is 5.82 Å². The molecule has 0 saturated carbocycles. The molecule has 0 bridgehead atoms. The monoisotopic (exact) mass is 391 g/mol. The third-order valence-electron chi connectivity index (χ3n) is 3.90. The SMILES string of the molecule is COc1cccc(C(=O)NCc2ccc(-n3ccnc3)c(F)c2)c1OC(F)F. The standard InChI is InChI=1S/C19H16F3N3O3/c1-27-16-4-2-3-13(17(16)28-19(21)22)18(26)24-10-12-5-6-15(14(20)9-12)25-8-7-23-11-25/h2-9,11,19H,10H2,1H3,(H,24,26). The molecule has 0 aliphatic carbocycles. The van der Waals surface area contributed by atoms with Crippen LogP contribution in [0.2, 0.25) is 0 Å². The van der Waals surface area contributed by atoms with Gasteiger partial charge < -0.3 is 19.4 Å². The highest BCUT2D eigenvalue weighted by Crippen LogP contribution is 2.32. The molecule has 0 fully saturated rings. The minimum Gasteiger partial charge on any atom is -0.493 e. The van der Waals surface area contributed by atoms with E-state index < -0.39 is 18.3 Å².